The molecule has 8 aromatic carbocycles. The lowest BCUT2D eigenvalue weighted by atomic mass is 9.91. The van der Waals surface area contributed by atoms with Gasteiger partial charge in [0.1, 0.15) is 0 Å². The summed E-state index contributed by atoms with van der Waals surface area (Å²) in [5, 5.41) is 5.78. The Bertz CT molecular complexity index is 2870. The zero-order valence-corrected chi connectivity index (χ0v) is 27.7. The van der Waals surface area contributed by atoms with Crippen molar-refractivity contribution in [3.05, 3.63) is 188 Å². The molecule has 0 saturated heterocycles. The molecule has 3 heteroatoms. The van der Waals surface area contributed by atoms with E-state index in [1.165, 1.54) is 32.7 Å². The minimum atomic E-state index is 0.651. The van der Waals surface area contributed by atoms with E-state index in [0.29, 0.717) is 5.95 Å². The SMILES string of the molecule is c1ccc(-c2ccc(-c3nc(-n4c5ccccc5c5cc6ccccc6cc54)nc4cc(-c5ccccc5)c(-c5ccccc5)cc34)cc2)cc1. The number of benzene rings is 8. The standard InChI is InChI=1S/C48H31N3/c1-4-14-32(15-5-1)33-24-26-36(27-25-33)47-43-30-40(34-16-6-2-7-17-34)41(35-18-8-3-9-19-35)31-44(43)49-48(50-47)51-45-23-13-12-22-39(45)42-28-37-20-10-11-21-38(37)29-46(42)51/h1-31H. The normalized spacial score (nSPS) is 11.5. The zero-order valence-electron chi connectivity index (χ0n) is 27.7. The summed E-state index contributed by atoms with van der Waals surface area (Å²) < 4.78 is 2.24. The van der Waals surface area contributed by atoms with Crippen LogP contribution < -0.4 is 0 Å². The predicted octanol–water partition coefficient (Wildman–Crippen LogP) is 12.5. The zero-order chi connectivity index (χ0) is 33.7. The molecule has 0 saturated carbocycles. The molecule has 0 bridgehead atoms. The Morgan fingerprint density at radius 3 is 1.55 bits per heavy atom. The molecule has 0 N–H and O–H groups in total. The summed E-state index contributed by atoms with van der Waals surface area (Å²) in [6, 6.07) is 66.8. The molecular weight excluding hydrogens is 619 g/mol. The van der Waals surface area contributed by atoms with Crippen LogP contribution in [-0.2, 0) is 0 Å². The molecule has 238 valence electrons. The second-order valence-corrected chi connectivity index (χ2v) is 13.0. The molecule has 2 aromatic heterocycles. The number of rotatable bonds is 5. The second-order valence-electron chi connectivity index (χ2n) is 13.0. The highest BCUT2D eigenvalue weighted by molar-refractivity contribution is 6.13. The molecule has 3 nitrogen and oxygen atoms in total. The van der Waals surface area contributed by atoms with Crippen molar-refractivity contribution >= 4 is 43.5 Å². The van der Waals surface area contributed by atoms with Crippen LogP contribution in [-0.4, -0.2) is 14.5 Å². The quantitative estimate of drug-likeness (QED) is 0.186. The van der Waals surface area contributed by atoms with Crippen LogP contribution in [0.15, 0.2) is 188 Å². The van der Waals surface area contributed by atoms with E-state index < -0.39 is 0 Å². The smallest absolute Gasteiger partial charge is 0.235 e. The Morgan fingerprint density at radius 1 is 0.333 bits per heavy atom. The molecule has 0 fully saturated rings. The predicted molar refractivity (Wildman–Crippen MR) is 213 cm³/mol. The molecule has 0 unspecified atom stereocenters. The Kier molecular flexibility index (Phi) is 6.81. The number of hydrogen-bond donors (Lipinski definition) is 0. The van der Waals surface area contributed by atoms with Crippen LogP contribution in [0.1, 0.15) is 0 Å². The lowest BCUT2D eigenvalue weighted by molar-refractivity contribution is 1.01. The van der Waals surface area contributed by atoms with Crippen molar-refractivity contribution < 1.29 is 0 Å². The summed E-state index contributed by atoms with van der Waals surface area (Å²) in [4.78, 5) is 10.9. The van der Waals surface area contributed by atoms with Gasteiger partial charge in [-0.3, -0.25) is 4.57 Å². The third-order valence-electron chi connectivity index (χ3n) is 10.00. The Balaban J connectivity index is 1.29. The molecule has 0 aliphatic carbocycles. The van der Waals surface area contributed by atoms with Gasteiger partial charge in [0, 0.05) is 21.7 Å². The van der Waals surface area contributed by atoms with Crippen molar-refractivity contribution in [1.29, 1.82) is 0 Å². The monoisotopic (exact) mass is 649 g/mol. The maximum Gasteiger partial charge on any atom is 0.235 e. The van der Waals surface area contributed by atoms with E-state index in [-0.39, 0.29) is 0 Å². The largest absolute Gasteiger partial charge is 0.278 e. The maximum atomic E-state index is 5.49. The summed E-state index contributed by atoms with van der Waals surface area (Å²) in [6.45, 7) is 0. The Morgan fingerprint density at radius 2 is 0.863 bits per heavy atom. The molecule has 0 radical (unpaired) electrons. The summed E-state index contributed by atoms with van der Waals surface area (Å²) in [7, 11) is 0. The van der Waals surface area contributed by atoms with Gasteiger partial charge in [0.05, 0.1) is 22.2 Å². The maximum absolute atomic E-state index is 5.49. The summed E-state index contributed by atoms with van der Waals surface area (Å²) in [6.07, 6.45) is 0. The van der Waals surface area contributed by atoms with E-state index in [2.05, 4.69) is 193 Å². The third-order valence-corrected chi connectivity index (χ3v) is 10.00. The van der Waals surface area contributed by atoms with Crippen LogP contribution in [0.3, 0.4) is 0 Å². The fraction of sp³-hybridized carbons (Fsp3) is 0. The van der Waals surface area contributed by atoms with Gasteiger partial charge < -0.3 is 0 Å². The topological polar surface area (TPSA) is 30.7 Å². The van der Waals surface area contributed by atoms with Crippen LogP contribution in [0.5, 0.6) is 0 Å². The fourth-order valence-corrected chi connectivity index (χ4v) is 7.52. The lowest BCUT2D eigenvalue weighted by Gasteiger charge is -2.16. The van der Waals surface area contributed by atoms with Crippen molar-refractivity contribution in [2.75, 3.05) is 0 Å². The van der Waals surface area contributed by atoms with Crippen molar-refractivity contribution in [2.24, 2.45) is 0 Å². The van der Waals surface area contributed by atoms with Gasteiger partial charge in [-0.05, 0) is 74.5 Å². The van der Waals surface area contributed by atoms with Gasteiger partial charge in [-0.15, -0.1) is 0 Å². The molecule has 0 amide bonds. The average Bonchev–Trinajstić information content (AvgIpc) is 3.53. The number of nitrogens with zero attached hydrogens (tertiary/aromatic N) is 3. The van der Waals surface area contributed by atoms with E-state index in [4.69, 9.17) is 9.97 Å². The highest BCUT2D eigenvalue weighted by Gasteiger charge is 2.20. The molecule has 10 aromatic rings. The minimum Gasteiger partial charge on any atom is -0.278 e. The van der Waals surface area contributed by atoms with Crippen LogP contribution in [0.2, 0.25) is 0 Å². The number of aromatic nitrogens is 3. The molecule has 0 aliphatic heterocycles. The fourth-order valence-electron chi connectivity index (χ4n) is 7.52. The first-order valence-electron chi connectivity index (χ1n) is 17.3. The molecule has 2 heterocycles. The second kappa shape index (κ2) is 11.9. The number of para-hydroxylation sites is 1. The van der Waals surface area contributed by atoms with Crippen molar-refractivity contribution in [3.63, 3.8) is 0 Å². The van der Waals surface area contributed by atoms with Gasteiger partial charge in [0.25, 0.3) is 0 Å². The molecule has 0 atom stereocenters. The highest BCUT2D eigenvalue weighted by atomic mass is 15.2. The van der Waals surface area contributed by atoms with E-state index in [1.807, 2.05) is 0 Å². The van der Waals surface area contributed by atoms with E-state index in [1.54, 1.807) is 0 Å². The Hall–Kier alpha value is -6.84. The highest BCUT2D eigenvalue weighted by Crippen LogP contribution is 2.40. The first-order chi connectivity index (χ1) is 25.3. The van der Waals surface area contributed by atoms with Gasteiger partial charge >= 0.3 is 0 Å². The van der Waals surface area contributed by atoms with E-state index >= 15 is 0 Å². The van der Waals surface area contributed by atoms with Crippen LogP contribution in [0.25, 0.3) is 94.1 Å². The first-order valence-corrected chi connectivity index (χ1v) is 17.3. The van der Waals surface area contributed by atoms with Crippen LogP contribution >= 0.6 is 0 Å². The van der Waals surface area contributed by atoms with Gasteiger partial charge in [-0.1, -0.05) is 158 Å². The average molecular weight is 650 g/mol. The van der Waals surface area contributed by atoms with Crippen LogP contribution in [0.4, 0.5) is 0 Å². The van der Waals surface area contributed by atoms with Crippen molar-refractivity contribution in [3.8, 4) is 50.6 Å². The Labute approximate surface area is 295 Å². The summed E-state index contributed by atoms with van der Waals surface area (Å²) in [5.74, 6) is 0.651. The van der Waals surface area contributed by atoms with Crippen molar-refractivity contribution in [1.82, 2.24) is 14.5 Å². The van der Waals surface area contributed by atoms with Gasteiger partial charge in [0.15, 0.2) is 0 Å². The van der Waals surface area contributed by atoms with Crippen molar-refractivity contribution in [2.45, 2.75) is 0 Å². The molecule has 10 rings (SSSR count). The third kappa shape index (κ3) is 4.98. The summed E-state index contributed by atoms with van der Waals surface area (Å²) >= 11 is 0. The first kappa shape index (κ1) is 29.1. The van der Waals surface area contributed by atoms with E-state index in [9.17, 15) is 0 Å². The number of hydrogen-bond acceptors (Lipinski definition) is 2. The van der Waals surface area contributed by atoms with E-state index in [0.717, 1.165) is 55.4 Å². The molecule has 51 heavy (non-hydrogen) atoms. The van der Waals surface area contributed by atoms with Gasteiger partial charge in [-0.25, -0.2) is 9.97 Å². The lowest BCUT2D eigenvalue weighted by Crippen LogP contribution is -2.04. The van der Waals surface area contributed by atoms with Crippen LogP contribution in [0, 0.1) is 0 Å². The molecule has 0 spiro atoms. The number of fused-ring (bicyclic) bond motifs is 5. The molecule has 0 aliphatic rings. The van der Waals surface area contributed by atoms with Gasteiger partial charge in [0.2, 0.25) is 5.95 Å². The summed E-state index contributed by atoms with van der Waals surface area (Å²) in [5.41, 5.74) is 12.0. The molecular formula is C48H31N3. The van der Waals surface area contributed by atoms with Gasteiger partial charge in [-0.2, -0.15) is 0 Å². The minimum absolute atomic E-state index is 0.651.